The normalized spacial score (nSPS) is 12.1. The van der Waals surface area contributed by atoms with E-state index in [0.717, 1.165) is 36.3 Å². The van der Waals surface area contributed by atoms with E-state index in [1.165, 1.54) is 0 Å². The van der Waals surface area contributed by atoms with Crippen molar-refractivity contribution in [1.82, 2.24) is 5.32 Å². The molecule has 0 radical (unpaired) electrons. The monoisotopic (exact) mass is 294 g/mol. The lowest BCUT2D eigenvalue weighted by atomic mass is 10.1. The van der Waals surface area contributed by atoms with Crippen LogP contribution in [0.25, 0.3) is 0 Å². The summed E-state index contributed by atoms with van der Waals surface area (Å²) < 4.78 is 5.59. The number of hydrogen-bond donors (Lipinski definition) is 3. The Kier molecular flexibility index (Phi) is 7.79. The van der Waals surface area contributed by atoms with E-state index in [2.05, 4.69) is 11.4 Å². The van der Waals surface area contributed by atoms with Gasteiger partial charge >= 0.3 is 0 Å². The quantitative estimate of drug-likeness (QED) is 0.568. The average Bonchev–Trinajstić information content (AvgIpc) is 2.39. The van der Waals surface area contributed by atoms with Gasteiger partial charge in [0.05, 0.1) is 0 Å². The summed E-state index contributed by atoms with van der Waals surface area (Å²) in [6, 6.07) is 5.99. The molecule has 4 N–H and O–H groups in total. The van der Waals surface area contributed by atoms with Crippen molar-refractivity contribution in [2.75, 3.05) is 19.7 Å². The predicted molar refractivity (Wildman–Crippen MR) is 83.3 cm³/mol. The largest absolute Gasteiger partial charge is 0.491 e. The summed E-state index contributed by atoms with van der Waals surface area (Å²) in [6.07, 6.45) is 1.51. The summed E-state index contributed by atoms with van der Waals surface area (Å²) in [5.41, 5.74) is 7.35. The van der Waals surface area contributed by atoms with Crippen LogP contribution in [0.1, 0.15) is 30.4 Å². The molecule has 21 heavy (non-hydrogen) atoms. The number of aliphatic hydroxyl groups excluding tert-OH is 1. The van der Waals surface area contributed by atoms with Gasteiger partial charge in [-0.1, -0.05) is 6.07 Å². The Labute approximate surface area is 126 Å². The fraction of sp³-hybridized carbons (Fsp3) is 0.562. The fourth-order valence-electron chi connectivity index (χ4n) is 2.09. The number of ether oxygens (including phenoxy) is 1. The molecule has 0 aliphatic carbocycles. The number of unbranched alkanes of at least 4 members (excludes halogenated alkanes) is 1. The molecule has 0 aliphatic rings. The van der Waals surface area contributed by atoms with Crippen molar-refractivity contribution >= 4 is 5.91 Å². The highest BCUT2D eigenvalue weighted by Gasteiger charge is 2.05. The lowest BCUT2D eigenvalue weighted by Crippen LogP contribution is -2.32. The number of aryl methyl sites for hydroxylation is 2. The zero-order chi connectivity index (χ0) is 15.7. The maximum Gasteiger partial charge on any atom is 0.217 e. The Bertz CT molecular complexity index is 429. The first-order chi connectivity index (χ1) is 9.97. The number of nitrogens with two attached hydrogens (primary N) is 1. The number of rotatable bonds is 10. The summed E-state index contributed by atoms with van der Waals surface area (Å²) in [6.45, 7) is 5.53. The third-order valence-electron chi connectivity index (χ3n) is 3.04. The van der Waals surface area contributed by atoms with Gasteiger partial charge in [0.1, 0.15) is 18.5 Å². The van der Waals surface area contributed by atoms with E-state index in [9.17, 15) is 9.90 Å². The van der Waals surface area contributed by atoms with Gasteiger partial charge in [0, 0.05) is 13.0 Å². The number of carbonyl (C=O) groups excluding carboxylic acids is 1. The van der Waals surface area contributed by atoms with Crippen LogP contribution >= 0.6 is 0 Å². The van der Waals surface area contributed by atoms with Gasteiger partial charge in [-0.15, -0.1) is 0 Å². The van der Waals surface area contributed by atoms with Crippen LogP contribution in [-0.2, 0) is 4.79 Å². The second-order valence-electron chi connectivity index (χ2n) is 5.42. The molecular weight excluding hydrogens is 268 g/mol. The maximum absolute atomic E-state index is 10.6. The predicted octanol–water partition coefficient (Wildman–Crippen LogP) is 1.29. The molecule has 5 nitrogen and oxygen atoms in total. The molecule has 1 atom stereocenters. The second-order valence-corrected chi connectivity index (χ2v) is 5.42. The van der Waals surface area contributed by atoms with Gasteiger partial charge in [0.25, 0.3) is 0 Å². The average molecular weight is 294 g/mol. The highest BCUT2D eigenvalue weighted by molar-refractivity contribution is 5.73. The number of carbonyl (C=O) groups is 1. The molecule has 0 saturated carbocycles. The molecule has 0 aliphatic heterocycles. The number of hydrogen-bond acceptors (Lipinski definition) is 4. The van der Waals surface area contributed by atoms with Gasteiger partial charge in [-0.2, -0.15) is 0 Å². The molecular formula is C16H26N2O3. The van der Waals surface area contributed by atoms with E-state index in [0.29, 0.717) is 13.0 Å². The number of primary amides is 1. The van der Waals surface area contributed by atoms with Gasteiger partial charge in [-0.25, -0.2) is 0 Å². The second kappa shape index (κ2) is 9.37. The SMILES string of the molecule is Cc1cc(C)cc(OCC(O)CNCCCCC(N)=O)c1. The Balaban J connectivity index is 2.13. The standard InChI is InChI=1S/C16H26N2O3/c1-12-7-13(2)9-15(8-12)21-11-14(19)10-18-6-4-3-5-16(17)20/h7-9,14,18-19H,3-6,10-11H2,1-2H3,(H2,17,20). The molecule has 0 heterocycles. The molecule has 0 bridgehead atoms. The molecule has 5 heteroatoms. The minimum atomic E-state index is -0.554. The maximum atomic E-state index is 10.6. The molecule has 1 amide bonds. The van der Waals surface area contributed by atoms with E-state index < -0.39 is 6.10 Å². The molecule has 0 spiro atoms. The topological polar surface area (TPSA) is 84.6 Å². The Morgan fingerprint density at radius 1 is 1.29 bits per heavy atom. The fourth-order valence-corrected chi connectivity index (χ4v) is 2.09. The lowest BCUT2D eigenvalue weighted by molar-refractivity contribution is -0.118. The van der Waals surface area contributed by atoms with E-state index in [1.54, 1.807) is 0 Å². The number of nitrogens with one attached hydrogen (secondary N) is 1. The van der Waals surface area contributed by atoms with Crippen LogP contribution in [0.4, 0.5) is 0 Å². The van der Waals surface area contributed by atoms with Crippen LogP contribution in [0, 0.1) is 13.8 Å². The molecule has 1 aromatic carbocycles. The molecule has 1 aromatic rings. The molecule has 1 unspecified atom stereocenters. The highest BCUT2D eigenvalue weighted by atomic mass is 16.5. The van der Waals surface area contributed by atoms with Crippen molar-refractivity contribution in [2.24, 2.45) is 5.73 Å². The van der Waals surface area contributed by atoms with E-state index in [4.69, 9.17) is 10.5 Å². The first-order valence-electron chi connectivity index (χ1n) is 7.35. The highest BCUT2D eigenvalue weighted by Crippen LogP contribution is 2.16. The summed E-state index contributed by atoms with van der Waals surface area (Å²) in [4.78, 5) is 10.6. The van der Waals surface area contributed by atoms with E-state index >= 15 is 0 Å². The molecule has 1 rings (SSSR count). The van der Waals surface area contributed by atoms with Gasteiger partial charge in [0.2, 0.25) is 5.91 Å². The van der Waals surface area contributed by atoms with Crippen LogP contribution in [0.2, 0.25) is 0 Å². The van der Waals surface area contributed by atoms with Crippen molar-refractivity contribution in [1.29, 1.82) is 0 Å². The Morgan fingerprint density at radius 2 is 1.95 bits per heavy atom. The molecule has 0 aromatic heterocycles. The number of aliphatic hydroxyl groups is 1. The summed E-state index contributed by atoms with van der Waals surface area (Å²) in [5, 5.41) is 13.0. The number of benzene rings is 1. The van der Waals surface area contributed by atoms with Crippen LogP contribution in [0.3, 0.4) is 0 Å². The van der Waals surface area contributed by atoms with E-state index in [-0.39, 0.29) is 12.5 Å². The third-order valence-corrected chi connectivity index (χ3v) is 3.04. The first-order valence-corrected chi connectivity index (χ1v) is 7.35. The van der Waals surface area contributed by atoms with Gasteiger partial charge in [-0.05, 0) is 56.5 Å². The van der Waals surface area contributed by atoms with Crippen molar-refractivity contribution in [3.63, 3.8) is 0 Å². The van der Waals surface area contributed by atoms with Crippen molar-refractivity contribution < 1.29 is 14.6 Å². The zero-order valence-electron chi connectivity index (χ0n) is 12.9. The van der Waals surface area contributed by atoms with Crippen LogP contribution < -0.4 is 15.8 Å². The molecule has 0 fully saturated rings. The van der Waals surface area contributed by atoms with Crippen molar-refractivity contribution in [2.45, 2.75) is 39.2 Å². The third kappa shape index (κ3) is 8.32. The summed E-state index contributed by atoms with van der Waals surface area (Å²) in [7, 11) is 0. The van der Waals surface area contributed by atoms with Gasteiger partial charge in [0.15, 0.2) is 0 Å². The van der Waals surface area contributed by atoms with E-state index in [1.807, 2.05) is 26.0 Å². The lowest BCUT2D eigenvalue weighted by Gasteiger charge is -2.14. The van der Waals surface area contributed by atoms with Crippen molar-refractivity contribution in [3.8, 4) is 5.75 Å². The van der Waals surface area contributed by atoms with Crippen molar-refractivity contribution in [3.05, 3.63) is 29.3 Å². The van der Waals surface area contributed by atoms with Crippen LogP contribution in [0.15, 0.2) is 18.2 Å². The Morgan fingerprint density at radius 3 is 2.57 bits per heavy atom. The first kappa shape index (κ1) is 17.5. The van der Waals surface area contributed by atoms with Gasteiger partial charge < -0.3 is 20.9 Å². The molecule has 118 valence electrons. The van der Waals surface area contributed by atoms with Gasteiger partial charge in [-0.3, -0.25) is 4.79 Å². The van der Waals surface area contributed by atoms with Crippen LogP contribution in [0.5, 0.6) is 5.75 Å². The summed E-state index contributed by atoms with van der Waals surface area (Å²) in [5.74, 6) is 0.518. The Hall–Kier alpha value is -1.59. The zero-order valence-corrected chi connectivity index (χ0v) is 12.9. The minimum Gasteiger partial charge on any atom is -0.491 e. The summed E-state index contributed by atoms with van der Waals surface area (Å²) >= 11 is 0. The number of amides is 1. The molecule has 0 saturated heterocycles. The minimum absolute atomic E-state index is 0.261. The smallest absolute Gasteiger partial charge is 0.217 e. The van der Waals surface area contributed by atoms with Crippen LogP contribution in [-0.4, -0.2) is 36.8 Å².